The van der Waals surface area contributed by atoms with Gasteiger partial charge >= 0.3 is 0 Å². The summed E-state index contributed by atoms with van der Waals surface area (Å²) >= 11 is 0. The number of hydrogen-bond acceptors (Lipinski definition) is 4. The fraction of sp³-hybridized carbons (Fsp3) is 0.842. The topological polar surface area (TPSA) is 71.2 Å². The molecule has 1 saturated carbocycles. The van der Waals surface area contributed by atoms with E-state index < -0.39 is 0 Å². The molecule has 0 unspecified atom stereocenters. The third-order valence-electron chi connectivity index (χ3n) is 5.66. The maximum atomic E-state index is 12.9. The van der Waals surface area contributed by atoms with Crippen LogP contribution in [0.15, 0.2) is 6.20 Å². The Morgan fingerprint density at radius 2 is 1.96 bits per heavy atom. The van der Waals surface area contributed by atoms with Crippen LogP contribution in [0.2, 0.25) is 0 Å². The van der Waals surface area contributed by atoms with E-state index in [2.05, 4.69) is 15.2 Å². The summed E-state index contributed by atoms with van der Waals surface area (Å²) < 4.78 is 1.91. The van der Waals surface area contributed by atoms with Crippen LogP contribution in [0.1, 0.15) is 63.5 Å². The quantitative estimate of drug-likeness (QED) is 0.802. The molecule has 140 valence electrons. The zero-order valence-electron chi connectivity index (χ0n) is 15.3. The van der Waals surface area contributed by atoms with Gasteiger partial charge in [-0.05, 0) is 44.4 Å². The lowest BCUT2D eigenvalue weighted by Gasteiger charge is -2.34. The highest BCUT2D eigenvalue weighted by Crippen LogP contribution is 2.27. The standard InChI is InChI=1S/C19H32N4O2/c24-12-6-10-18-15-23(21-20-18)14-16-7-5-11-22(13-16)19(25)17-8-3-1-2-4-9-17/h15-17,24H,1-14H2/t16-/m0/s1. The van der Waals surface area contributed by atoms with Gasteiger partial charge in [-0.25, -0.2) is 0 Å². The van der Waals surface area contributed by atoms with E-state index in [0.29, 0.717) is 11.8 Å². The number of aromatic nitrogens is 3. The summed E-state index contributed by atoms with van der Waals surface area (Å²) in [6.45, 7) is 2.81. The van der Waals surface area contributed by atoms with Crippen LogP contribution in [0.4, 0.5) is 0 Å². The van der Waals surface area contributed by atoms with E-state index in [4.69, 9.17) is 5.11 Å². The number of likely N-dealkylation sites (tertiary alicyclic amines) is 1. The molecule has 25 heavy (non-hydrogen) atoms. The zero-order valence-corrected chi connectivity index (χ0v) is 15.3. The molecule has 1 aromatic rings. The van der Waals surface area contributed by atoms with E-state index in [9.17, 15) is 4.79 Å². The lowest BCUT2D eigenvalue weighted by Crippen LogP contribution is -2.44. The summed E-state index contributed by atoms with van der Waals surface area (Å²) in [6.07, 6.45) is 12.9. The maximum Gasteiger partial charge on any atom is 0.225 e. The monoisotopic (exact) mass is 348 g/mol. The molecule has 2 heterocycles. The van der Waals surface area contributed by atoms with E-state index in [-0.39, 0.29) is 12.5 Å². The van der Waals surface area contributed by atoms with E-state index in [1.165, 1.54) is 25.7 Å². The van der Waals surface area contributed by atoms with Gasteiger partial charge in [0.2, 0.25) is 5.91 Å². The fourth-order valence-corrected chi connectivity index (χ4v) is 4.27. The first-order valence-electron chi connectivity index (χ1n) is 10.0. The molecule has 1 aromatic heterocycles. The molecule has 6 heteroatoms. The number of aryl methyl sites for hydroxylation is 1. The number of aliphatic hydroxyl groups is 1. The Morgan fingerprint density at radius 1 is 1.16 bits per heavy atom. The molecule has 2 aliphatic rings. The second-order valence-corrected chi connectivity index (χ2v) is 7.74. The molecule has 1 aliphatic carbocycles. The van der Waals surface area contributed by atoms with Crippen molar-refractivity contribution in [3.8, 4) is 0 Å². The molecule has 0 radical (unpaired) electrons. The number of rotatable bonds is 6. The maximum absolute atomic E-state index is 12.9. The Morgan fingerprint density at radius 3 is 2.72 bits per heavy atom. The van der Waals surface area contributed by atoms with Gasteiger partial charge in [0.1, 0.15) is 0 Å². The van der Waals surface area contributed by atoms with Crippen LogP contribution >= 0.6 is 0 Å². The molecule has 1 atom stereocenters. The Hall–Kier alpha value is -1.43. The number of piperidine rings is 1. The highest BCUT2D eigenvalue weighted by Gasteiger charge is 2.29. The van der Waals surface area contributed by atoms with Crippen molar-refractivity contribution in [2.75, 3.05) is 19.7 Å². The minimum absolute atomic E-state index is 0.188. The van der Waals surface area contributed by atoms with Gasteiger partial charge in [0.05, 0.1) is 5.69 Å². The molecule has 1 saturated heterocycles. The molecule has 1 amide bonds. The van der Waals surface area contributed by atoms with Crippen LogP contribution in [-0.4, -0.2) is 50.6 Å². The summed E-state index contributed by atoms with van der Waals surface area (Å²) in [4.78, 5) is 15.0. The first kappa shape index (κ1) is 18.4. The van der Waals surface area contributed by atoms with Gasteiger partial charge in [0.15, 0.2) is 0 Å². The molecule has 0 spiro atoms. The van der Waals surface area contributed by atoms with Crippen molar-refractivity contribution in [3.05, 3.63) is 11.9 Å². The smallest absolute Gasteiger partial charge is 0.225 e. The largest absolute Gasteiger partial charge is 0.396 e. The van der Waals surface area contributed by atoms with E-state index in [1.54, 1.807) is 0 Å². The SMILES string of the molecule is O=C(C1CCCCCC1)N1CCC[C@H](Cn2cc(CCCO)nn2)C1. The average Bonchev–Trinajstić information content (AvgIpc) is 2.90. The summed E-state index contributed by atoms with van der Waals surface area (Å²) in [6, 6.07) is 0. The first-order valence-corrected chi connectivity index (χ1v) is 10.0. The van der Waals surface area contributed by atoms with E-state index in [1.807, 2.05) is 10.9 Å². The number of nitrogens with zero attached hydrogens (tertiary/aromatic N) is 4. The normalized spacial score (nSPS) is 22.8. The van der Waals surface area contributed by atoms with Crippen LogP contribution < -0.4 is 0 Å². The lowest BCUT2D eigenvalue weighted by atomic mass is 9.94. The summed E-state index contributed by atoms with van der Waals surface area (Å²) in [5.41, 5.74) is 0.941. The van der Waals surface area contributed by atoms with Gasteiger partial charge in [-0.15, -0.1) is 5.10 Å². The zero-order chi connectivity index (χ0) is 17.5. The molecular weight excluding hydrogens is 316 g/mol. The predicted molar refractivity (Wildman–Crippen MR) is 95.9 cm³/mol. The van der Waals surface area contributed by atoms with Gasteiger partial charge in [-0.2, -0.15) is 0 Å². The van der Waals surface area contributed by atoms with Crippen molar-refractivity contribution in [2.45, 2.75) is 70.8 Å². The second kappa shape index (κ2) is 9.32. The Labute approximate surface area is 150 Å². The van der Waals surface area contributed by atoms with Crippen molar-refractivity contribution in [1.29, 1.82) is 0 Å². The Kier molecular flexibility index (Phi) is 6.84. The summed E-state index contributed by atoms with van der Waals surface area (Å²) in [5, 5.41) is 17.3. The molecule has 6 nitrogen and oxygen atoms in total. The Balaban J connectivity index is 1.51. The van der Waals surface area contributed by atoms with Crippen molar-refractivity contribution in [2.24, 2.45) is 11.8 Å². The molecule has 3 rings (SSSR count). The molecule has 1 N–H and O–H groups in total. The second-order valence-electron chi connectivity index (χ2n) is 7.74. The summed E-state index contributed by atoms with van der Waals surface area (Å²) in [7, 11) is 0. The minimum atomic E-state index is 0.188. The van der Waals surface area contributed by atoms with Crippen molar-refractivity contribution < 1.29 is 9.90 Å². The molecule has 0 aromatic carbocycles. The number of amides is 1. The highest BCUT2D eigenvalue weighted by atomic mass is 16.3. The van der Waals surface area contributed by atoms with Crippen molar-refractivity contribution in [3.63, 3.8) is 0 Å². The number of aliphatic hydroxyl groups excluding tert-OH is 1. The van der Waals surface area contributed by atoms with Crippen molar-refractivity contribution >= 4 is 5.91 Å². The minimum Gasteiger partial charge on any atom is -0.396 e. The van der Waals surface area contributed by atoms with Crippen LogP contribution in [0.25, 0.3) is 0 Å². The molecule has 0 bridgehead atoms. The third kappa shape index (κ3) is 5.27. The third-order valence-corrected chi connectivity index (χ3v) is 5.66. The number of hydrogen-bond donors (Lipinski definition) is 1. The van der Waals surface area contributed by atoms with Gasteiger partial charge < -0.3 is 10.0 Å². The van der Waals surface area contributed by atoms with Gasteiger partial charge in [-0.1, -0.05) is 30.9 Å². The fourth-order valence-electron chi connectivity index (χ4n) is 4.27. The number of carbonyl (C=O) groups excluding carboxylic acids is 1. The van der Waals surface area contributed by atoms with Gasteiger partial charge in [0.25, 0.3) is 0 Å². The average molecular weight is 348 g/mol. The Bertz CT molecular complexity index is 537. The van der Waals surface area contributed by atoms with Crippen molar-refractivity contribution in [1.82, 2.24) is 19.9 Å². The van der Waals surface area contributed by atoms with E-state index in [0.717, 1.165) is 63.9 Å². The highest BCUT2D eigenvalue weighted by molar-refractivity contribution is 5.79. The molecule has 2 fully saturated rings. The van der Waals surface area contributed by atoms with Crippen LogP contribution in [0.3, 0.4) is 0 Å². The molecule has 1 aliphatic heterocycles. The van der Waals surface area contributed by atoms with Gasteiger partial charge in [0, 0.05) is 38.4 Å². The first-order chi connectivity index (χ1) is 12.3. The van der Waals surface area contributed by atoms with Crippen LogP contribution in [0.5, 0.6) is 0 Å². The molecular formula is C19H32N4O2. The predicted octanol–water partition coefficient (Wildman–Crippen LogP) is 2.41. The van der Waals surface area contributed by atoms with Gasteiger partial charge in [-0.3, -0.25) is 9.48 Å². The summed E-state index contributed by atoms with van der Waals surface area (Å²) in [5.74, 6) is 1.13. The lowest BCUT2D eigenvalue weighted by molar-refractivity contribution is -0.138. The van der Waals surface area contributed by atoms with Crippen LogP contribution in [-0.2, 0) is 17.8 Å². The van der Waals surface area contributed by atoms with Crippen LogP contribution in [0, 0.1) is 11.8 Å². The number of carbonyl (C=O) groups is 1. The van der Waals surface area contributed by atoms with E-state index >= 15 is 0 Å².